The van der Waals surface area contributed by atoms with Crippen LogP contribution in [0.25, 0.3) is 10.8 Å². The summed E-state index contributed by atoms with van der Waals surface area (Å²) in [7, 11) is -2.03. The van der Waals surface area contributed by atoms with E-state index >= 15 is 0 Å². The summed E-state index contributed by atoms with van der Waals surface area (Å²) in [5.74, 6) is -0.129. The Kier molecular flexibility index (Phi) is 6.12. The fraction of sp³-hybridized carbons (Fsp3) is 0.348. The van der Waals surface area contributed by atoms with Crippen molar-refractivity contribution in [1.82, 2.24) is 19.0 Å². The molecule has 0 unspecified atom stereocenters. The highest BCUT2D eigenvalue weighted by atomic mass is 32.2. The largest absolute Gasteiger partial charge is 0.341 e. The van der Waals surface area contributed by atoms with Crippen LogP contribution >= 0.6 is 0 Å². The molecule has 0 radical (unpaired) electrons. The van der Waals surface area contributed by atoms with Crippen molar-refractivity contribution in [1.29, 1.82) is 0 Å². The second-order valence-corrected chi connectivity index (χ2v) is 9.99. The summed E-state index contributed by atoms with van der Waals surface area (Å²) in [6, 6.07) is 13.9. The maximum atomic E-state index is 13.1. The van der Waals surface area contributed by atoms with Crippen molar-refractivity contribution in [3.8, 4) is 0 Å². The normalized spacial score (nSPS) is 15.6. The third-order valence-corrected chi connectivity index (χ3v) is 7.73. The fourth-order valence-corrected chi connectivity index (χ4v) is 5.47. The summed E-state index contributed by atoms with van der Waals surface area (Å²) < 4.78 is 28.7. The first-order valence-corrected chi connectivity index (χ1v) is 12.0. The number of aryl methyl sites for hydroxylation is 2. The molecule has 1 aromatic heterocycles. The standard InChI is InChI=1S/C23H26N4O4S/c1-17-8-10-18(11-9-17)32(30,31)27-13-5-12-26(14-15-27)22(28)16-21-19-6-3-4-7-20(19)23(29)25(2)24-21/h3-4,6-11H,5,12-16H2,1-2H3. The molecular weight excluding hydrogens is 428 g/mol. The summed E-state index contributed by atoms with van der Waals surface area (Å²) >= 11 is 0. The van der Waals surface area contributed by atoms with Crippen molar-refractivity contribution in [3.05, 3.63) is 70.1 Å². The van der Waals surface area contributed by atoms with Crippen LogP contribution in [-0.4, -0.2) is 59.5 Å². The molecule has 0 N–H and O–H groups in total. The number of carbonyl (C=O) groups excluding carboxylic acids is 1. The van der Waals surface area contributed by atoms with Gasteiger partial charge in [0.2, 0.25) is 15.9 Å². The molecule has 0 aliphatic carbocycles. The van der Waals surface area contributed by atoms with Crippen molar-refractivity contribution < 1.29 is 13.2 Å². The number of nitrogens with zero attached hydrogens (tertiary/aromatic N) is 4. The molecule has 1 fully saturated rings. The van der Waals surface area contributed by atoms with Gasteiger partial charge in [0.05, 0.1) is 22.4 Å². The van der Waals surface area contributed by atoms with Gasteiger partial charge in [-0.3, -0.25) is 9.59 Å². The van der Waals surface area contributed by atoms with Crippen LogP contribution in [0.3, 0.4) is 0 Å². The average molecular weight is 455 g/mol. The van der Waals surface area contributed by atoms with E-state index in [2.05, 4.69) is 5.10 Å². The molecule has 9 heteroatoms. The Bertz CT molecular complexity index is 1320. The highest BCUT2D eigenvalue weighted by molar-refractivity contribution is 7.89. The molecule has 8 nitrogen and oxygen atoms in total. The Balaban J connectivity index is 1.50. The van der Waals surface area contributed by atoms with Crippen LogP contribution < -0.4 is 5.56 Å². The van der Waals surface area contributed by atoms with Crippen molar-refractivity contribution >= 4 is 26.7 Å². The maximum absolute atomic E-state index is 13.1. The predicted octanol–water partition coefficient (Wildman–Crippen LogP) is 1.71. The summed E-state index contributed by atoms with van der Waals surface area (Å²) in [4.78, 5) is 27.3. The Hall–Kier alpha value is -3.04. The lowest BCUT2D eigenvalue weighted by Gasteiger charge is -2.22. The minimum absolute atomic E-state index is 0.0549. The molecule has 3 aromatic rings. The molecular formula is C23H26N4O4S. The second-order valence-electron chi connectivity index (χ2n) is 8.05. The Morgan fingerprint density at radius 2 is 1.66 bits per heavy atom. The highest BCUT2D eigenvalue weighted by Crippen LogP contribution is 2.19. The minimum atomic E-state index is -3.60. The van der Waals surface area contributed by atoms with Crippen LogP contribution in [0.1, 0.15) is 17.7 Å². The zero-order chi connectivity index (χ0) is 22.9. The van der Waals surface area contributed by atoms with Gasteiger partial charge in [0, 0.05) is 38.6 Å². The molecule has 2 heterocycles. The lowest BCUT2D eigenvalue weighted by Crippen LogP contribution is -2.38. The average Bonchev–Trinajstić information content (AvgIpc) is 3.05. The quantitative estimate of drug-likeness (QED) is 0.598. The molecule has 1 aliphatic rings. The van der Waals surface area contributed by atoms with E-state index in [1.807, 2.05) is 13.0 Å². The van der Waals surface area contributed by atoms with Gasteiger partial charge >= 0.3 is 0 Å². The zero-order valence-corrected chi connectivity index (χ0v) is 19.0. The maximum Gasteiger partial charge on any atom is 0.274 e. The topological polar surface area (TPSA) is 92.6 Å². The van der Waals surface area contributed by atoms with Gasteiger partial charge in [0.15, 0.2) is 0 Å². The van der Waals surface area contributed by atoms with Crippen LogP contribution in [0.5, 0.6) is 0 Å². The first kappa shape index (κ1) is 22.2. The third-order valence-electron chi connectivity index (χ3n) is 5.82. The fourth-order valence-electron chi connectivity index (χ4n) is 4.00. The highest BCUT2D eigenvalue weighted by Gasteiger charge is 2.28. The van der Waals surface area contributed by atoms with Crippen molar-refractivity contribution in [3.63, 3.8) is 0 Å². The van der Waals surface area contributed by atoms with Gasteiger partial charge in [-0.25, -0.2) is 13.1 Å². The summed E-state index contributed by atoms with van der Waals surface area (Å²) in [5.41, 5.74) is 1.33. The first-order valence-electron chi connectivity index (χ1n) is 10.6. The van der Waals surface area contributed by atoms with Crippen molar-refractivity contribution in [2.45, 2.75) is 24.7 Å². The Morgan fingerprint density at radius 3 is 2.38 bits per heavy atom. The van der Waals surface area contributed by atoms with E-state index in [0.29, 0.717) is 42.5 Å². The van der Waals surface area contributed by atoms with Gasteiger partial charge in [0.1, 0.15) is 0 Å². The monoisotopic (exact) mass is 454 g/mol. The summed E-state index contributed by atoms with van der Waals surface area (Å²) in [5, 5.41) is 5.51. The van der Waals surface area contributed by atoms with E-state index in [9.17, 15) is 18.0 Å². The molecule has 0 spiro atoms. The van der Waals surface area contributed by atoms with E-state index in [1.165, 1.54) is 8.99 Å². The minimum Gasteiger partial charge on any atom is -0.341 e. The smallest absolute Gasteiger partial charge is 0.274 e. The Morgan fingerprint density at radius 1 is 0.969 bits per heavy atom. The van der Waals surface area contributed by atoms with E-state index in [4.69, 9.17) is 0 Å². The molecule has 1 saturated heterocycles. The SMILES string of the molecule is Cc1ccc(S(=O)(=O)N2CCCN(C(=O)Cc3nn(C)c(=O)c4ccccc34)CC2)cc1. The lowest BCUT2D eigenvalue weighted by molar-refractivity contribution is -0.130. The zero-order valence-electron chi connectivity index (χ0n) is 18.2. The van der Waals surface area contributed by atoms with Crippen molar-refractivity contribution in [2.75, 3.05) is 26.2 Å². The number of fused-ring (bicyclic) bond motifs is 1. The second kappa shape index (κ2) is 8.84. The van der Waals surface area contributed by atoms with Crippen molar-refractivity contribution in [2.24, 2.45) is 7.05 Å². The number of hydrogen-bond donors (Lipinski definition) is 0. The van der Waals surface area contributed by atoms with E-state index < -0.39 is 10.0 Å². The third kappa shape index (κ3) is 4.31. The molecule has 0 atom stereocenters. The van der Waals surface area contributed by atoms with Gasteiger partial charge < -0.3 is 4.90 Å². The molecule has 32 heavy (non-hydrogen) atoms. The number of aromatic nitrogens is 2. The van der Waals surface area contributed by atoms with Crippen LogP contribution in [0.4, 0.5) is 0 Å². The van der Waals surface area contributed by atoms with Gasteiger partial charge in [0.25, 0.3) is 5.56 Å². The van der Waals surface area contributed by atoms with E-state index in [1.54, 1.807) is 54.4 Å². The predicted molar refractivity (Wildman–Crippen MR) is 122 cm³/mol. The Labute approximate surface area is 187 Å². The van der Waals surface area contributed by atoms with Gasteiger partial charge in [-0.1, -0.05) is 35.9 Å². The number of sulfonamides is 1. The number of hydrogen-bond acceptors (Lipinski definition) is 5. The van der Waals surface area contributed by atoms with Crippen LogP contribution in [0.2, 0.25) is 0 Å². The van der Waals surface area contributed by atoms with E-state index in [-0.39, 0.29) is 29.3 Å². The summed E-state index contributed by atoms with van der Waals surface area (Å²) in [6.07, 6.45) is 0.609. The van der Waals surface area contributed by atoms with E-state index in [0.717, 1.165) is 5.56 Å². The first-order chi connectivity index (χ1) is 15.3. The van der Waals surface area contributed by atoms with Crippen LogP contribution in [0.15, 0.2) is 58.2 Å². The van der Waals surface area contributed by atoms with Gasteiger partial charge in [-0.05, 0) is 31.5 Å². The molecule has 4 rings (SSSR count). The summed E-state index contributed by atoms with van der Waals surface area (Å²) in [6.45, 7) is 3.30. The van der Waals surface area contributed by atoms with Crippen LogP contribution in [0, 0.1) is 6.92 Å². The van der Waals surface area contributed by atoms with Gasteiger partial charge in [-0.15, -0.1) is 0 Å². The number of benzene rings is 2. The lowest BCUT2D eigenvalue weighted by atomic mass is 10.1. The molecule has 1 aliphatic heterocycles. The van der Waals surface area contributed by atoms with Gasteiger partial charge in [-0.2, -0.15) is 9.40 Å². The molecule has 2 aromatic carbocycles. The molecule has 1 amide bonds. The van der Waals surface area contributed by atoms with Crippen LogP contribution in [-0.2, 0) is 28.3 Å². The molecule has 0 saturated carbocycles. The number of rotatable bonds is 4. The molecule has 168 valence electrons. The number of carbonyl (C=O) groups is 1. The molecule has 0 bridgehead atoms. The number of amides is 1.